The van der Waals surface area contributed by atoms with E-state index in [1.165, 1.54) is 0 Å². The van der Waals surface area contributed by atoms with E-state index in [0.717, 1.165) is 24.4 Å². The molecule has 0 bridgehead atoms. The monoisotopic (exact) mass is 276 g/mol. The lowest BCUT2D eigenvalue weighted by atomic mass is 10.3. The molecule has 0 amide bonds. The van der Waals surface area contributed by atoms with Gasteiger partial charge in [-0.15, -0.1) is 0 Å². The van der Waals surface area contributed by atoms with E-state index in [1.54, 1.807) is 6.20 Å². The van der Waals surface area contributed by atoms with Crippen LogP contribution in [0.2, 0.25) is 5.02 Å². The van der Waals surface area contributed by atoms with Crippen LogP contribution in [-0.2, 0) is 6.54 Å². The van der Waals surface area contributed by atoms with Gasteiger partial charge in [0.1, 0.15) is 11.9 Å². The summed E-state index contributed by atoms with van der Waals surface area (Å²) in [6.07, 6.45) is 3.68. The van der Waals surface area contributed by atoms with E-state index >= 15 is 0 Å². The Kier molecular flexibility index (Phi) is 5.19. The minimum absolute atomic E-state index is 0.0524. The molecule has 0 aliphatic heterocycles. The zero-order valence-electron chi connectivity index (χ0n) is 10.8. The third kappa shape index (κ3) is 4.54. The van der Waals surface area contributed by atoms with Crippen molar-refractivity contribution in [1.82, 2.24) is 10.3 Å². The van der Waals surface area contributed by atoms with Gasteiger partial charge in [0.05, 0.1) is 5.02 Å². The van der Waals surface area contributed by atoms with Crippen molar-refractivity contribution >= 4 is 11.6 Å². The summed E-state index contributed by atoms with van der Waals surface area (Å²) in [6.45, 7) is 3.55. The quantitative estimate of drug-likeness (QED) is 0.879. The van der Waals surface area contributed by atoms with Crippen molar-refractivity contribution in [3.8, 4) is 5.75 Å². The number of hydrogen-bond acceptors (Lipinski definition) is 3. The minimum atomic E-state index is 0.0524. The highest BCUT2D eigenvalue weighted by Crippen LogP contribution is 2.23. The number of hydrogen-bond donors (Lipinski definition) is 1. The van der Waals surface area contributed by atoms with Gasteiger partial charge >= 0.3 is 0 Å². The van der Waals surface area contributed by atoms with E-state index in [2.05, 4.69) is 10.3 Å². The number of nitrogens with one attached hydrogen (secondary N) is 1. The second-order valence-corrected chi connectivity index (χ2v) is 4.76. The number of ether oxygens (including phenoxy) is 1. The van der Waals surface area contributed by atoms with Crippen molar-refractivity contribution < 1.29 is 4.74 Å². The topological polar surface area (TPSA) is 34.2 Å². The first kappa shape index (κ1) is 13.8. The normalized spacial score (nSPS) is 12.1. The van der Waals surface area contributed by atoms with E-state index in [4.69, 9.17) is 16.3 Å². The SMILES string of the molecule is CC(CNCc1cccnc1)Oc1ccccc1Cl. The number of benzene rings is 1. The maximum absolute atomic E-state index is 6.04. The molecule has 4 heteroatoms. The van der Waals surface area contributed by atoms with Crippen LogP contribution in [0.4, 0.5) is 0 Å². The average Bonchev–Trinajstić information content (AvgIpc) is 2.43. The van der Waals surface area contributed by atoms with E-state index in [-0.39, 0.29) is 6.10 Å². The minimum Gasteiger partial charge on any atom is -0.488 e. The summed E-state index contributed by atoms with van der Waals surface area (Å²) in [5.41, 5.74) is 1.16. The summed E-state index contributed by atoms with van der Waals surface area (Å²) in [5.74, 6) is 0.722. The molecule has 1 unspecified atom stereocenters. The van der Waals surface area contributed by atoms with Crippen LogP contribution in [0.3, 0.4) is 0 Å². The summed E-state index contributed by atoms with van der Waals surface area (Å²) >= 11 is 6.04. The van der Waals surface area contributed by atoms with Gasteiger partial charge in [-0.05, 0) is 30.7 Å². The smallest absolute Gasteiger partial charge is 0.138 e. The van der Waals surface area contributed by atoms with Crippen molar-refractivity contribution in [2.75, 3.05) is 6.54 Å². The van der Waals surface area contributed by atoms with Crippen LogP contribution < -0.4 is 10.1 Å². The standard InChI is InChI=1S/C15H17ClN2O/c1-12(19-15-7-3-2-6-14(15)16)9-18-11-13-5-4-8-17-10-13/h2-8,10,12,18H,9,11H2,1H3. The fourth-order valence-corrected chi connectivity index (χ4v) is 1.90. The first-order valence-corrected chi connectivity index (χ1v) is 6.64. The number of halogens is 1. The van der Waals surface area contributed by atoms with E-state index in [9.17, 15) is 0 Å². The van der Waals surface area contributed by atoms with Gasteiger partial charge in [-0.25, -0.2) is 0 Å². The molecule has 0 fully saturated rings. The van der Waals surface area contributed by atoms with Gasteiger partial charge < -0.3 is 10.1 Å². The van der Waals surface area contributed by atoms with Crippen LogP contribution in [0.25, 0.3) is 0 Å². The van der Waals surface area contributed by atoms with Gasteiger partial charge in [0.25, 0.3) is 0 Å². The van der Waals surface area contributed by atoms with Crippen molar-refractivity contribution in [1.29, 1.82) is 0 Å². The van der Waals surface area contributed by atoms with Gasteiger partial charge in [-0.2, -0.15) is 0 Å². The van der Waals surface area contributed by atoms with Gasteiger partial charge in [0.15, 0.2) is 0 Å². The molecule has 1 N–H and O–H groups in total. The highest BCUT2D eigenvalue weighted by atomic mass is 35.5. The first-order chi connectivity index (χ1) is 9.25. The molecule has 3 nitrogen and oxygen atoms in total. The van der Waals surface area contributed by atoms with E-state index < -0.39 is 0 Å². The second kappa shape index (κ2) is 7.12. The van der Waals surface area contributed by atoms with Gasteiger partial charge in [-0.3, -0.25) is 4.98 Å². The zero-order valence-corrected chi connectivity index (χ0v) is 11.6. The van der Waals surface area contributed by atoms with Crippen LogP contribution >= 0.6 is 11.6 Å². The predicted octanol–water partition coefficient (Wildman–Crippen LogP) is 3.29. The van der Waals surface area contributed by atoms with E-state index in [1.807, 2.05) is 49.5 Å². The molecule has 0 aliphatic rings. The van der Waals surface area contributed by atoms with Crippen LogP contribution in [0.15, 0.2) is 48.8 Å². The Hall–Kier alpha value is -1.58. The molecule has 0 saturated carbocycles. The number of pyridine rings is 1. The lowest BCUT2D eigenvalue weighted by Gasteiger charge is -2.16. The summed E-state index contributed by atoms with van der Waals surface area (Å²) in [4.78, 5) is 4.07. The van der Waals surface area contributed by atoms with Crippen LogP contribution in [0.5, 0.6) is 5.75 Å². The Morgan fingerprint density at radius 3 is 2.84 bits per heavy atom. The Bertz CT molecular complexity index is 505. The van der Waals surface area contributed by atoms with Crippen molar-refractivity contribution in [2.24, 2.45) is 0 Å². The summed E-state index contributed by atoms with van der Waals surface area (Å²) < 4.78 is 5.77. The van der Waals surface area contributed by atoms with E-state index in [0.29, 0.717) is 5.02 Å². The fourth-order valence-electron chi connectivity index (χ4n) is 1.72. The molecule has 2 aromatic rings. The van der Waals surface area contributed by atoms with Crippen LogP contribution in [0, 0.1) is 0 Å². The van der Waals surface area contributed by atoms with Crippen molar-refractivity contribution in [3.63, 3.8) is 0 Å². The summed E-state index contributed by atoms with van der Waals surface area (Å²) in [7, 11) is 0. The van der Waals surface area contributed by atoms with Gasteiger partial charge in [0, 0.05) is 25.5 Å². The second-order valence-electron chi connectivity index (χ2n) is 4.35. The average molecular weight is 277 g/mol. The molecule has 19 heavy (non-hydrogen) atoms. The maximum atomic E-state index is 6.04. The number of para-hydroxylation sites is 1. The Morgan fingerprint density at radius 2 is 2.11 bits per heavy atom. The molecule has 1 aromatic heterocycles. The largest absolute Gasteiger partial charge is 0.488 e. The lowest BCUT2D eigenvalue weighted by Crippen LogP contribution is -2.28. The molecular formula is C15H17ClN2O. The third-order valence-electron chi connectivity index (χ3n) is 2.65. The molecule has 0 saturated heterocycles. The Balaban J connectivity index is 1.76. The Morgan fingerprint density at radius 1 is 1.26 bits per heavy atom. The molecule has 0 aliphatic carbocycles. The molecule has 0 radical (unpaired) electrons. The maximum Gasteiger partial charge on any atom is 0.138 e. The number of nitrogens with zero attached hydrogens (tertiary/aromatic N) is 1. The lowest BCUT2D eigenvalue weighted by molar-refractivity contribution is 0.217. The highest BCUT2D eigenvalue weighted by molar-refractivity contribution is 6.32. The number of aromatic nitrogens is 1. The highest BCUT2D eigenvalue weighted by Gasteiger charge is 2.06. The molecule has 2 rings (SSSR count). The van der Waals surface area contributed by atoms with Crippen molar-refractivity contribution in [2.45, 2.75) is 19.6 Å². The first-order valence-electron chi connectivity index (χ1n) is 6.26. The van der Waals surface area contributed by atoms with Crippen LogP contribution in [-0.4, -0.2) is 17.6 Å². The molecule has 1 atom stereocenters. The molecule has 0 spiro atoms. The molecular weight excluding hydrogens is 260 g/mol. The predicted molar refractivity (Wildman–Crippen MR) is 77.5 cm³/mol. The fraction of sp³-hybridized carbons (Fsp3) is 0.267. The van der Waals surface area contributed by atoms with Crippen LogP contribution in [0.1, 0.15) is 12.5 Å². The third-order valence-corrected chi connectivity index (χ3v) is 2.96. The molecule has 1 heterocycles. The van der Waals surface area contributed by atoms with Crippen molar-refractivity contribution in [3.05, 3.63) is 59.4 Å². The number of rotatable bonds is 6. The zero-order chi connectivity index (χ0) is 13.5. The molecule has 1 aromatic carbocycles. The van der Waals surface area contributed by atoms with Gasteiger partial charge in [-0.1, -0.05) is 29.8 Å². The van der Waals surface area contributed by atoms with Gasteiger partial charge in [0.2, 0.25) is 0 Å². The molecule has 100 valence electrons. The summed E-state index contributed by atoms with van der Waals surface area (Å²) in [6, 6.07) is 11.5. The Labute approximate surface area is 118 Å². The summed E-state index contributed by atoms with van der Waals surface area (Å²) in [5, 5.41) is 3.97.